The Balaban J connectivity index is 2.44. The highest BCUT2D eigenvalue weighted by molar-refractivity contribution is 5.90. The Morgan fingerprint density at radius 3 is 2.85 bits per heavy atom. The molecule has 0 spiro atoms. The van der Waals surface area contributed by atoms with Gasteiger partial charge in [-0.25, -0.2) is 9.78 Å². The van der Waals surface area contributed by atoms with Crippen molar-refractivity contribution in [3.05, 3.63) is 29.7 Å². The fourth-order valence-electron chi connectivity index (χ4n) is 1.97. The van der Waals surface area contributed by atoms with Crippen LogP contribution in [-0.2, 0) is 4.74 Å². The van der Waals surface area contributed by atoms with Crippen molar-refractivity contribution < 1.29 is 14.3 Å². The summed E-state index contributed by atoms with van der Waals surface area (Å²) in [6.07, 6.45) is 1.80. The number of carbonyl (C=O) groups excluding carboxylic acids is 1. The van der Waals surface area contributed by atoms with Crippen molar-refractivity contribution in [1.29, 1.82) is 0 Å². The molecule has 0 aliphatic carbocycles. The molecule has 20 heavy (non-hydrogen) atoms. The zero-order valence-electron chi connectivity index (χ0n) is 12.3. The smallest absolute Gasteiger partial charge is 0.357 e. The Morgan fingerprint density at radius 1 is 1.45 bits per heavy atom. The largest absolute Gasteiger partial charge is 0.489 e. The average molecular weight is 276 g/mol. The van der Waals surface area contributed by atoms with Crippen molar-refractivity contribution in [3.63, 3.8) is 0 Å². The number of hydrogen-bond donors (Lipinski definition) is 0. The standard InChI is InChI=1S/C15H20N2O3/c1-5-19-15(18)13-11(4)16-14-12(20-9-10(2)3)7-6-8-17(13)14/h6-8,10H,5,9H2,1-4H3. The lowest BCUT2D eigenvalue weighted by Gasteiger charge is -2.09. The van der Waals surface area contributed by atoms with Gasteiger partial charge in [-0.15, -0.1) is 0 Å². The molecule has 108 valence electrons. The van der Waals surface area contributed by atoms with E-state index in [4.69, 9.17) is 9.47 Å². The summed E-state index contributed by atoms with van der Waals surface area (Å²) in [5.41, 5.74) is 1.74. The number of rotatable bonds is 5. The Hall–Kier alpha value is -2.04. The third-order valence-electron chi connectivity index (χ3n) is 2.83. The van der Waals surface area contributed by atoms with Crippen LogP contribution in [0.25, 0.3) is 5.65 Å². The molecular weight excluding hydrogens is 256 g/mol. The van der Waals surface area contributed by atoms with Gasteiger partial charge in [0.05, 0.1) is 18.9 Å². The summed E-state index contributed by atoms with van der Waals surface area (Å²) in [6.45, 7) is 8.70. The minimum absolute atomic E-state index is 0.342. The SMILES string of the molecule is CCOC(=O)c1c(C)nc2c(OCC(C)C)cccn12. The molecule has 0 fully saturated rings. The summed E-state index contributed by atoms with van der Waals surface area (Å²) >= 11 is 0. The van der Waals surface area contributed by atoms with Crippen LogP contribution in [0, 0.1) is 12.8 Å². The molecule has 2 aromatic rings. The molecule has 0 atom stereocenters. The predicted molar refractivity (Wildman–Crippen MR) is 76.2 cm³/mol. The van der Waals surface area contributed by atoms with E-state index in [2.05, 4.69) is 18.8 Å². The molecule has 0 amide bonds. The zero-order chi connectivity index (χ0) is 14.7. The molecule has 0 N–H and O–H groups in total. The van der Waals surface area contributed by atoms with Crippen molar-refractivity contribution in [1.82, 2.24) is 9.38 Å². The first-order valence-electron chi connectivity index (χ1n) is 6.82. The second kappa shape index (κ2) is 5.94. The van der Waals surface area contributed by atoms with E-state index < -0.39 is 0 Å². The second-order valence-electron chi connectivity index (χ2n) is 5.04. The molecule has 0 aliphatic rings. The third kappa shape index (κ3) is 2.76. The summed E-state index contributed by atoms with van der Waals surface area (Å²) in [6, 6.07) is 3.70. The van der Waals surface area contributed by atoms with Crippen LogP contribution < -0.4 is 4.74 Å². The second-order valence-corrected chi connectivity index (χ2v) is 5.04. The lowest BCUT2D eigenvalue weighted by molar-refractivity contribution is 0.0517. The van der Waals surface area contributed by atoms with Crippen LogP contribution >= 0.6 is 0 Å². The highest BCUT2D eigenvalue weighted by Gasteiger charge is 2.19. The number of aromatic nitrogens is 2. The minimum Gasteiger partial charge on any atom is -0.489 e. The van der Waals surface area contributed by atoms with E-state index >= 15 is 0 Å². The van der Waals surface area contributed by atoms with Gasteiger partial charge in [0.2, 0.25) is 0 Å². The van der Waals surface area contributed by atoms with Crippen molar-refractivity contribution in [2.24, 2.45) is 5.92 Å². The van der Waals surface area contributed by atoms with Gasteiger partial charge in [-0.05, 0) is 31.9 Å². The van der Waals surface area contributed by atoms with Crippen LogP contribution in [-0.4, -0.2) is 28.6 Å². The first-order chi connectivity index (χ1) is 9.54. The fraction of sp³-hybridized carbons (Fsp3) is 0.467. The lowest BCUT2D eigenvalue weighted by atomic mass is 10.2. The van der Waals surface area contributed by atoms with E-state index in [0.717, 1.165) is 0 Å². The maximum absolute atomic E-state index is 12.0. The van der Waals surface area contributed by atoms with Gasteiger partial charge in [0.25, 0.3) is 0 Å². The van der Waals surface area contributed by atoms with Gasteiger partial charge in [-0.2, -0.15) is 0 Å². The molecule has 0 aromatic carbocycles. The molecule has 0 saturated carbocycles. The van der Waals surface area contributed by atoms with Crippen molar-refractivity contribution in [2.75, 3.05) is 13.2 Å². The Morgan fingerprint density at radius 2 is 2.20 bits per heavy atom. The van der Waals surface area contributed by atoms with E-state index in [1.165, 1.54) is 0 Å². The topological polar surface area (TPSA) is 52.8 Å². The highest BCUT2D eigenvalue weighted by atomic mass is 16.5. The maximum atomic E-state index is 12.0. The Kier molecular flexibility index (Phi) is 4.27. The first kappa shape index (κ1) is 14.4. The average Bonchev–Trinajstić information content (AvgIpc) is 2.73. The number of esters is 1. The Labute approximate surface area is 118 Å². The molecule has 0 unspecified atom stereocenters. The number of fused-ring (bicyclic) bond motifs is 1. The molecule has 5 heteroatoms. The first-order valence-corrected chi connectivity index (χ1v) is 6.82. The fourth-order valence-corrected chi connectivity index (χ4v) is 1.97. The van der Waals surface area contributed by atoms with Gasteiger partial charge < -0.3 is 9.47 Å². The van der Waals surface area contributed by atoms with Crippen LogP contribution in [0.5, 0.6) is 5.75 Å². The summed E-state index contributed by atoms with van der Waals surface area (Å²) < 4.78 is 12.6. The van der Waals surface area contributed by atoms with E-state index in [-0.39, 0.29) is 5.97 Å². The molecule has 0 aliphatic heterocycles. The monoisotopic (exact) mass is 276 g/mol. The van der Waals surface area contributed by atoms with Crippen molar-refractivity contribution in [3.8, 4) is 5.75 Å². The van der Waals surface area contributed by atoms with Crippen LogP contribution in [0.4, 0.5) is 0 Å². The normalized spacial score (nSPS) is 11.1. The van der Waals surface area contributed by atoms with Gasteiger partial charge in [0, 0.05) is 6.20 Å². The molecule has 0 bridgehead atoms. The van der Waals surface area contributed by atoms with Gasteiger partial charge >= 0.3 is 5.97 Å². The maximum Gasteiger partial charge on any atom is 0.357 e. The van der Waals surface area contributed by atoms with E-state index in [9.17, 15) is 4.79 Å². The van der Waals surface area contributed by atoms with Gasteiger partial charge in [-0.1, -0.05) is 13.8 Å². The number of aryl methyl sites for hydroxylation is 1. The van der Waals surface area contributed by atoms with Gasteiger partial charge in [-0.3, -0.25) is 4.40 Å². The number of nitrogens with zero attached hydrogens (tertiary/aromatic N) is 2. The molecular formula is C15H20N2O3. The number of carbonyl (C=O) groups is 1. The van der Waals surface area contributed by atoms with Gasteiger partial charge in [0.15, 0.2) is 17.1 Å². The van der Waals surface area contributed by atoms with Crippen LogP contribution in [0.15, 0.2) is 18.3 Å². The number of hydrogen-bond acceptors (Lipinski definition) is 4. The van der Waals surface area contributed by atoms with Crippen molar-refractivity contribution >= 4 is 11.6 Å². The summed E-state index contributed by atoms with van der Waals surface area (Å²) in [5.74, 6) is 0.745. The third-order valence-corrected chi connectivity index (χ3v) is 2.83. The summed E-state index contributed by atoms with van der Waals surface area (Å²) in [5, 5.41) is 0. The number of ether oxygens (including phenoxy) is 2. The van der Waals surface area contributed by atoms with E-state index in [0.29, 0.717) is 41.9 Å². The molecule has 2 heterocycles. The van der Waals surface area contributed by atoms with E-state index in [1.807, 2.05) is 12.1 Å². The minimum atomic E-state index is -0.362. The van der Waals surface area contributed by atoms with Crippen LogP contribution in [0.1, 0.15) is 37.0 Å². The number of pyridine rings is 1. The quantitative estimate of drug-likeness (QED) is 0.788. The molecule has 0 saturated heterocycles. The van der Waals surface area contributed by atoms with Gasteiger partial charge in [0.1, 0.15) is 0 Å². The van der Waals surface area contributed by atoms with Crippen LogP contribution in [0.3, 0.4) is 0 Å². The number of imidazole rings is 1. The summed E-state index contributed by atoms with van der Waals surface area (Å²) in [7, 11) is 0. The zero-order valence-corrected chi connectivity index (χ0v) is 12.3. The molecule has 0 radical (unpaired) electrons. The van der Waals surface area contributed by atoms with E-state index in [1.54, 1.807) is 24.4 Å². The highest BCUT2D eigenvalue weighted by Crippen LogP contribution is 2.23. The Bertz CT molecular complexity index is 617. The summed E-state index contributed by atoms with van der Waals surface area (Å²) in [4.78, 5) is 16.4. The molecule has 2 aromatic heterocycles. The van der Waals surface area contributed by atoms with Crippen LogP contribution in [0.2, 0.25) is 0 Å². The predicted octanol–water partition coefficient (Wildman–Crippen LogP) is 2.85. The molecule has 5 nitrogen and oxygen atoms in total. The molecule has 2 rings (SSSR count). The lowest BCUT2D eigenvalue weighted by Crippen LogP contribution is -2.10. The van der Waals surface area contributed by atoms with Crippen molar-refractivity contribution in [2.45, 2.75) is 27.7 Å².